The van der Waals surface area contributed by atoms with Crippen molar-refractivity contribution in [3.63, 3.8) is 0 Å². The molecule has 106 valence electrons. The first-order valence-electron chi connectivity index (χ1n) is 7.36. The molecule has 1 N–H and O–H groups in total. The molecule has 1 atom stereocenters. The fraction of sp³-hybridized carbons (Fsp3) is 0.278. The third kappa shape index (κ3) is 2.47. The molecule has 3 aromatic rings. The van der Waals surface area contributed by atoms with Gasteiger partial charge in [0, 0.05) is 12.8 Å². The Balaban J connectivity index is 1.62. The van der Waals surface area contributed by atoms with Gasteiger partial charge in [-0.05, 0) is 36.1 Å². The highest BCUT2D eigenvalue weighted by Crippen LogP contribution is 2.33. The van der Waals surface area contributed by atoms with Crippen LogP contribution < -0.4 is 0 Å². The van der Waals surface area contributed by atoms with Crippen molar-refractivity contribution in [2.45, 2.75) is 31.3 Å². The summed E-state index contributed by atoms with van der Waals surface area (Å²) in [6.45, 7) is 0. The summed E-state index contributed by atoms with van der Waals surface area (Å²) in [7, 11) is 0. The molecular weight excluding hydrogens is 278 g/mol. The van der Waals surface area contributed by atoms with E-state index in [2.05, 4.69) is 35.3 Å². The zero-order valence-electron chi connectivity index (χ0n) is 11.7. The number of rotatable bonds is 2. The second kappa shape index (κ2) is 4.93. The molecule has 0 bridgehead atoms. The maximum Gasteiger partial charge on any atom is 0.0967 e. The average Bonchev–Trinajstić information content (AvgIpc) is 2.88. The highest BCUT2D eigenvalue weighted by atomic mass is 32.1. The fourth-order valence-electron chi connectivity index (χ4n) is 3.21. The minimum Gasteiger partial charge on any atom is -0.389 e. The lowest BCUT2D eigenvalue weighted by Gasteiger charge is -2.33. The average molecular weight is 295 g/mol. The van der Waals surface area contributed by atoms with Crippen molar-refractivity contribution in [3.8, 4) is 0 Å². The maximum absolute atomic E-state index is 11.0. The molecule has 0 amide bonds. The molecule has 0 saturated carbocycles. The number of nitrogens with zero attached hydrogens (tertiary/aromatic N) is 1. The van der Waals surface area contributed by atoms with Gasteiger partial charge in [-0.2, -0.15) is 0 Å². The molecule has 0 saturated heterocycles. The summed E-state index contributed by atoms with van der Waals surface area (Å²) in [5.74, 6) is 0. The van der Waals surface area contributed by atoms with Gasteiger partial charge in [0.05, 0.1) is 20.8 Å². The highest BCUT2D eigenvalue weighted by Gasteiger charge is 2.33. The van der Waals surface area contributed by atoms with Crippen LogP contribution in [0.15, 0.2) is 48.5 Å². The second-order valence-electron chi connectivity index (χ2n) is 5.92. The summed E-state index contributed by atoms with van der Waals surface area (Å²) in [5, 5.41) is 12.0. The molecule has 1 aliphatic carbocycles. The van der Waals surface area contributed by atoms with Gasteiger partial charge in [-0.25, -0.2) is 4.98 Å². The number of aliphatic hydroxyl groups is 1. The van der Waals surface area contributed by atoms with E-state index < -0.39 is 5.60 Å². The quantitative estimate of drug-likeness (QED) is 0.781. The molecule has 0 fully saturated rings. The summed E-state index contributed by atoms with van der Waals surface area (Å²) in [6, 6.07) is 16.6. The van der Waals surface area contributed by atoms with Gasteiger partial charge in [0.15, 0.2) is 0 Å². The fourth-order valence-corrected chi connectivity index (χ4v) is 4.32. The predicted octanol–water partition coefficient (Wildman–Crippen LogP) is 3.76. The van der Waals surface area contributed by atoms with E-state index in [4.69, 9.17) is 0 Å². The lowest BCUT2D eigenvalue weighted by Crippen LogP contribution is -2.38. The lowest BCUT2D eigenvalue weighted by atomic mass is 9.79. The van der Waals surface area contributed by atoms with Gasteiger partial charge < -0.3 is 5.11 Å². The number of hydrogen-bond donors (Lipinski definition) is 1. The molecule has 0 spiro atoms. The van der Waals surface area contributed by atoms with Crippen molar-refractivity contribution < 1.29 is 5.11 Å². The minimum atomic E-state index is -0.651. The predicted molar refractivity (Wildman–Crippen MR) is 86.7 cm³/mol. The van der Waals surface area contributed by atoms with Gasteiger partial charge in [0.25, 0.3) is 0 Å². The third-order valence-corrected chi connectivity index (χ3v) is 5.35. The Morgan fingerprint density at radius 2 is 1.81 bits per heavy atom. The topological polar surface area (TPSA) is 33.1 Å². The van der Waals surface area contributed by atoms with Crippen molar-refractivity contribution in [2.75, 3.05) is 0 Å². The number of thiazole rings is 1. The van der Waals surface area contributed by atoms with Crippen LogP contribution in [0.1, 0.15) is 22.6 Å². The van der Waals surface area contributed by atoms with Crippen LogP contribution in [0.25, 0.3) is 10.2 Å². The Kier molecular flexibility index (Phi) is 3.05. The highest BCUT2D eigenvalue weighted by molar-refractivity contribution is 7.18. The Labute approximate surface area is 128 Å². The second-order valence-corrected chi connectivity index (χ2v) is 7.04. The number of aryl methyl sites for hydroxylation is 1. The van der Waals surface area contributed by atoms with Crippen LogP contribution in [0.3, 0.4) is 0 Å². The van der Waals surface area contributed by atoms with Crippen molar-refractivity contribution in [1.82, 2.24) is 4.98 Å². The lowest BCUT2D eigenvalue weighted by molar-refractivity contribution is 0.0267. The monoisotopic (exact) mass is 295 g/mol. The molecular formula is C18H17NOS. The first-order chi connectivity index (χ1) is 10.2. The van der Waals surface area contributed by atoms with Gasteiger partial charge in [0.1, 0.15) is 0 Å². The maximum atomic E-state index is 11.0. The molecule has 1 unspecified atom stereocenters. The number of hydrogen-bond acceptors (Lipinski definition) is 3. The van der Waals surface area contributed by atoms with Crippen molar-refractivity contribution in [1.29, 1.82) is 0 Å². The summed E-state index contributed by atoms with van der Waals surface area (Å²) in [4.78, 5) is 4.67. The van der Waals surface area contributed by atoms with Gasteiger partial charge in [-0.3, -0.25) is 0 Å². The molecule has 3 heteroatoms. The molecule has 21 heavy (non-hydrogen) atoms. The molecule has 1 heterocycles. The van der Waals surface area contributed by atoms with Gasteiger partial charge >= 0.3 is 0 Å². The SMILES string of the molecule is OC1(Cc2nc3ccccc3s2)CCc2ccccc2C1. The van der Waals surface area contributed by atoms with Crippen LogP contribution in [0.5, 0.6) is 0 Å². The van der Waals surface area contributed by atoms with Crippen molar-refractivity contribution in [2.24, 2.45) is 0 Å². The summed E-state index contributed by atoms with van der Waals surface area (Å²) < 4.78 is 1.20. The van der Waals surface area contributed by atoms with E-state index in [1.54, 1.807) is 11.3 Å². The standard InChI is InChI=1S/C18H17NOS/c20-18(10-9-13-5-1-2-6-14(13)11-18)12-17-19-15-7-3-4-8-16(15)21-17/h1-8,20H,9-12H2. The van der Waals surface area contributed by atoms with Crippen LogP contribution in [-0.2, 0) is 19.3 Å². The zero-order valence-corrected chi connectivity index (χ0v) is 12.6. The number of para-hydroxylation sites is 1. The van der Waals surface area contributed by atoms with E-state index in [0.717, 1.165) is 29.8 Å². The third-order valence-electron chi connectivity index (χ3n) is 4.32. The van der Waals surface area contributed by atoms with Crippen molar-refractivity contribution in [3.05, 3.63) is 64.7 Å². The van der Waals surface area contributed by atoms with Gasteiger partial charge in [0.2, 0.25) is 0 Å². The van der Waals surface area contributed by atoms with E-state index in [-0.39, 0.29) is 0 Å². The van der Waals surface area contributed by atoms with Crippen LogP contribution >= 0.6 is 11.3 Å². The summed E-state index contributed by atoms with van der Waals surface area (Å²) >= 11 is 1.70. The van der Waals surface area contributed by atoms with E-state index in [1.807, 2.05) is 18.2 Å². The molecule has 4 rings (SSSR count). The van der Waals surface area contributed by atoms with Crippen molar-refractivity contribution >= 4 is 21.6 Å². The first kappa shape index (κ1) is 13.0. The summed E-state index contributed by atoms with van der Waals surface area (Å²) in [5.41, 5.74) is 3.05. The normalized spacial score (nSPS) is 21.4. The molecule has 1 aliphatic rings. The molecule has 1 aromatic heterocycles. The Morgan fingerprint density at radius 3 is 2.67 bits per heavy atom. The first-order valence-corrected chi connectivity index (χ1v) is 8.17. The van der Waals surface area contributed by atoms with E-state index in [9.17, 15) is 5.11 Å². The largest absolute Gasteiger partial charge is 0.389 e. The van der Waals surface area contributed by atoms with E-state index in [0.29, 0.717) is 6.42 Å². The van der Waals surface area contributed by atoms with Crippen LogP contribution in [0.4, 0.5) is 0 Å². The molecule has 2 aromatic carbocycles. The van der Waals surface area contributed by atoms with Crippen LogP contribution in [0, 0.1) is 0 Å². The zero-order chi connectivity index (χ0) is 14.3. The summed E-state index contributed by atoms with van der Waals surface area (Å²) in [6.07, 6.45) is 3.16. The van der Waals surface area contributed by atoms with Gasteiger partial charge in [-0.1, -0.05) is 36.4 Å². The Bertz CT molecular complexity index is 762. The number of fused-ring (bicyclic) bond motifs is 2. The van der Waals surface area contributed by atoms with E-state index >= 15 is 0 Å². The molecule has 0 aliphatic heterocycles. The minimum absolute atomic E-state index is 0.651. The molecule has 0 radical (unpaired) electrons. The Morgan fingerprint density at radius 1 is 1.05 bits per heavy atom. The molecule has 2 nitrogen and oxygen atoms in total. The number of benzene rings is 2. The Hall–Kier alpha value is -1.71. The van der Waals surface area contributed by atoms with Gasteiger partial charge in [-0.15, -0.1) is 11.3 Å². The van der Waals surface area contributed by atoms with Crippen LogP contribution in [0.2, 0.25) is 0 Å². The number of aromatic nitrogens is 1. The van der Waals surface area contributed by atoms with Crippen LogP contribution in [-0.4, -0.2) is 15.7 Å². The smallest absolute Gasteiger partial charge is 0.0967 e. The van der Waals surface area contributed by atoms with E-state index in [1.165, 1.54) is 15.8 Å².